The number of aromatic nitrogens is 4. The Kier molecular flexibility index (Phi) is 4.69. The summed E-state index contributed by atoms with van der Waals surface area (Å²) in [4.78, 5) is 8.62. The maximum absolute atomic E-state index is 10.4. The van der Waals surface area contributed by atoms with E-state index in [1.807, 2.05) is 6.07 Å². The quantitative estimate of drug-likeness (QED) is 0.256. The normalized spacial score (nSPS) is 16.4. The van der Waals surface area contributed by atoms with E-state index in [9.17, 15) is 5.11 Å². The lowest BCUT2D eigenvalue weighted by atomic mass is 9.96. The van der Waals surface area contributed by atoms with Crippen molar-refractivity contribution < 1.29 is 9.84 Å². The van der Waals surface area contributed by atoms with Crippen molar-refractivity contribution in [3.63, 3.8) is 0 Å². The van der Waals surface area contributed by atoms with Gasteiger partial charge in [0.2, 0.25) is 0 Å². The third-order valence-corrected chi connectivity index (χ3v) is 4.76. The van der Waals surface area contributed by atoms with Gasteiger partial charge in [-0.15, -0.1) is 0 Å². The maximum atomic E-state index is 10.4. The fraction of sp³-hybridized carbons (Fsp3) is 0.333. The molecule has 0 radical (unpaired) electrons. The van der Waals surface area contributed by atoms with Crippen LogP contribution in [0.4, 0.5) is 0 Å². The minimum atomic E-state index is -0.712. The Balaban J connectivity index is 1.59. The molecule has 0 spiro atoms. The summed E-state index contributed by atoms with van der Waals surface area (Å²) in [6.45, 7) is 0.273. The Morgan fingerprint density at radius 2 is 2.15 bits per heavy atom. The molecule has 5 N–H and O–H groups in total. The second kappa shape index (κ2) is 7.29. The van der Waals surface area contributed by atoms with Crippen LogP contribution < -0.4 is 11.6 Å². The van der Waals surface area contributed by atoms with Gasteiger partial charge in [-0.05, 0) is 31.4 Å². The SMILES string of the molecule is N/N=C(\N)c1cncc(-n2ncc3cc(C(O)COC4CCC4)cnc32)c1. The highest BCUT2D eigenvalue weighted by atomic mass is 16.5. The standard InChI is InChI=1S/C18H21N7O2/c19-17(24-20)12-5-14(9-21-6-12)25-18-13(8-23-25)4-11(7-22-18)16(26)10-27-15-2-1-3-15/h4-9,15-16,26H,1-3,10,20H2,(H2,19,24). The maximum Gasteiger partial charge on any atom is 0.162 e. The van der Waals surface area contributed by atoms with Crippen LogP contribution in [0, 0.1) is 0 Å². The molecule has 0 amide bonds. The number of rotatable bonds is 6. The predicted molar refractivity (Wildman–Crippen MR) is 100 cm³/mol. The molecule has 0 bridgehead atoms. The number of hydrogen-bond acceptors (Lipinski definition) is 7. The van der Waals surface area contributed by atoms with Crippen LogP contribution in [-0.2, 0) is 4.74 Å². The molecule has 3 aromatic rings. The van der Waals surface area contributed by atoms with Crippen molar-refractivity contribution in [2.75, 3.05) is 6.61 Å². The van der Waals surface area contributed by atoms with Gasteiger partial charge in [-0.1, -0.05) is 0 Å². The van der Waals surface area contributed by atoms with Gasteiger partial charge < -0.3 is 21.4 Å². The number of hydrogen-bond donors (Lipinski definition) is 3. The molecule has 140 valence electrons. The number of nitrogens with zero attached hydrogens (tertiary/aromatic N) is 5. The first-order valence-corrected chi connectivity index (χ1v) is 8.78. The van der Waals surface area contributed by atoms with Gasteiger partial charge in [-0.2, -0.15) is 10.2 Å². The topological polar surface area (TPSA) is 137 Å². The zero-order valence-corrected chi connectivity index (χ0v) is 14.7. The molecular formula is C18H21N7O2. The first kappa shape index (κ1) is 17.4. The van der Waals surface area contributed by atoms with Crippen LogP contribution in [0.5, 0.6) is 0 Å². The van der Waals surface area contributed by atoms with Gasteiger partial charge in [-0.3, -0.25) is 4.98 Å². The van der Waals surface area contributed by atoms with Crippen LogP contribution in [0.25, 0.3) is 16.7 Å². The summed E-state index contributed by atoms with van der Waals surface area (Å²) in [7, 11) is 0. The second-order valence-electron chi connectivity index (χ2n) is 6.59. The molecule has 9 heteroatoms. The van der Waals surface area contributed by atoms with Gasteiger partial charge in [0.05, 0.1) is 30.8 Å². The van der Waals surface area contributed by atoms with Crippen LogP contribution in [-0.4, -0.2) is 43.4 Å². The van der Waals surface area contributed by atoms with E-state index in [1.165, 1.54) is 6.42 Å². The Hall–Kier alpha value is -3.04. The molecule has 0 aliphatic heterocycles. The number of ether oxygens (including phenoxy) is 1. The van der Waals surface area contributed by atoms with Crippen molar-refractivity contribution in [1.82, 2.24) is 19.7 Å². The van der Waals surface area contributed by atoms with E-state index in [0.29, 0.717) is 22.5 Å². The van der Waals surface area contributed by atoms with E-state index in [-0.39, 0.29) is 18.5 Å². The lowest BCUT2D eigenvalue weighted by molar-refractivity contribution is -0.0427. The van der Waals surface area contributed by atoms with Crippen LogP contribution in [0.15, 0.2) is 42.0 Å². The van der Waals surface area contributed by atoms with Crippen LogP contribution >= 0.6 is 0 Å². The Morgan fingerprint density at radius 1 is 1.30 bits per heavy atom. The lowest BCUT2D eigenvalue weighted by Crippen LogP contribution is -2.24. The van der Waals surface area contributed by atoms with Gasteiger partial charge in [0, 0.05) is 28.9 Å². The number of aliphatic hydroxyl groups excluding tert-OH is 1. The van der Waals surface area contributed by atoms with Gasteiger partial charge >= 0.3 is 0 Å². The Labute approximate surface area is 155 Å². The largest absolute Gasteiger partial charge is 0.386 e. The number of aliphatic hydroxyl groups is 1. The third-order valence-electron chi connectivity index (χ3n) is 4.76. The molecular weight excluding hydrogens is 346 g/mol. The van der Waals surface area contributed by atoms with E-state index >= 15 is 0 Å². The first-order valence-electron chi connectivity index (χ1n) is 8.78. The molecule has 1 unspecified atom stereocenters. The number of pyridine rings is 2. The minimum Gasteiger partial charge on any atom is -0.386 e. The van der Waals surface area contributed by atoms with E-state index in [0.717, 1.165) is 18.2 Å². The van der Waals surface area contributed by atoms with E-state index < -0.39 is 6.10 Å². The van der Waals surface area contributed by atoms with Gasteiger partial charge in [0.15, 0.2) is 11.5 Å². The van der Waals surface area contributed by atoms with Crippen LogP contribution in [0.3, 0.4) is 0 Å². The molecule has 0 aromatic carbocycles. The van der Waals surface area contributed by atoms with E-state index in [2.05, 4.69) is 20.2 Å². The number of nitrogens with two attached hydrogens (primary N) is 2. The highest BCUT2D eigenvalue weighted by Gasteiger charge is 2.20. The van der Waals surface area contributed by atoms with Crippen LogP contribution in [0.1, 0.15) is 36.5 Å². The highest BCUT2D eigenvalue weighted by Crippen LogP contribution is 2.25. The monoisotopic (exact) mass is 367 g/mol. The van der Waals surface area contributed by atoms with Crippen molar-refractivity contribution in [3.8, 4) is 5.69 Å². The molecule has 0 saturated heterocycles. The van der Waals surface area contributed by atoms with Gasteiger partial charge in [0.25, 0.3) is 0 Å². The van der Waals surface area contributed by atoms with Crippen molar-refractivity contribution in [3.05, 3.63) is 48.0 Å². The summed E-state index contributed by atoms with van der Waals surface area (Å²) in [6.07, 6.45) is 9.47. The molecule has 9 nitrogen and oxygen atoms in total. The fourth-order valence-corrected chi connectivity index (χ4v) is 2.93. The second-order valence-corrected chi connectivity index (χ2v) is 6.59. The molecule has 27 heavy (non-hydrogen) atoms. The predicted octanol–water partition coefficient (Wildman–Crippen LogP) is 0.997. The number of hydrazone groups is 1. The summed E-state index contributed by atoms with van der Waals surface area (Å²) in [6, 6.07) is 3.65. The van der Waals surface area contributed by atoms with Crippen LogP contribution in [0.2, 0.25) is 0 Å². The van der Waals surface area contributed by atoms with Crippen molar-refractivity contribution in [1.29, 1.82) is 0 Å². The zero-order valence-electron chi connectivity index (χ0n) is 14.7. The summed E-state index contributed by atoms with van der Waals surface area (Å²) in [5, 5.41) is 19.0. The van der Waals surface area contributed by atoms with E-state index in [1.54, 1.807) is 35.5 Å². The first-order chi connectivity index (χ1) is 13.2. The third kappa shape index (κ3) is 3.46. The molecule has 1 aliphatic rings. The summed E-state index contributed by atoms with van der Waals surface area (Å²) in [5.74, 6) is 5.42. The average molecular weight is 367 g/mol. The summed E-state index contributed by atoms with van der Waals surface area (Å²) < 4.78 is 7.34. The molecule has 1 aliphatic carbocycles. The molecule has 1 atom stereocenters. The fourth-order valence-electron chi connectivity index (χ4n) is 2.93. The van der Waals surface area contributed by atoms with Crippen molar-refractivity contribution in [2.24, 2.45) is 16.7 Å². The minimum absolute atomic E-state index is 0.186. The summed E-state index contributed by atoms with van der Waals surface area (Å²) >= 11 is 0. The molecule has 3 heterocycles. The van der Waals surface area contributed by atoms with Gasteiger partial charge in [-0.25, -0.2) is 9.67 Å². The lowest BCUT2D eigenvalue weighted by Gasteiger charge is -2.26. The molecule has 4 rings (SSSR count). The Morgan fingerprint density at radius 3 is 2.89 bits per heavy atom. The zero-order chi connectivity index (χ0) is 18.8. The van der Waals surface area contributed by atoms with Crippen molar-refractivity contribution in [2.45, 2.75) is 31.5 Å². The summed E-state index contributed by atoms with van der Waals surface area (Å²) in [5.41, 5.74) is 8.37. The molecule has 1 saturated carbocycles. The number of amidine groups is 1. The highest BCUT2D eigenvalue weighted by molar-refractivity contribution is 5.97. The molecule has 1 fully saturated rings. The van der Waals surface area contributed by atoms with E-state index in [4.69, 9.17) is 16.3 Å². The molecule has 3 aromatic heterocycles. The smallest absolute Gasteiger partial charge is 0.162 e. The number of fused-ring (bicyclic) bond motifs is 1. The van der Waals surface area contributed by atoms with Gasteiger partial charge in [0.1, 0.15) is 6.10 Å². The Bertz CT molecular complexity index is 981. The average Bonchev–Trinajstić information content (AvgIpc) is 3.09. The van der Waals surface area contributed by atoms with Crippen molar-refractivity contribution >= 4 is 16.9 Å².